The number of nitrogens with one attached hydrogen (secondary N) is 2. The minimum atomic E-state index is -0.128. The van der Waals surface area contributed by atoms with Crippen LogP contribution in [0.5, 0.6) is 5.75 Å². The molecule has 2 amide bonds. The molecule has 7 heteroatoms. The van der Waals surface area contributed by atoms with Gasteiger partial charge in [0.1, 0.15) is 18.1 Å². The van der Waals surface area contributed by atoms with E-state index in [0.29, 0.717) is 31.8 Å². The summed E-state index contributed by atoms with van der Waals surface area (Å²) in [5.41, 5.74) is 2.73. The molecule has 1 aromatic heterocycles. The maximum Gasteiger partial charge on any atom is 0.251 e. The third-order valence-electron chi connectivity index (χ3n) is 4.86. The summed E-state index contributed by atoms with van der Waals surface area (Å²) in [5.74, 6) is 1.35. The number of rotatable bonds is 11. The minimum Gasteiger partial charge on any atom is -0.492 e. The van der Waals surface area contributed by atoms with Crippen LogP contribution in [0.3, 0.4) is 0 Å². The molecule has 7 nitrogen and oxygen atoms in total. The second-order valence-electron chi connectivity index (χ2n) is 7.52. The van der Waals surface area contributed by atoms with Crippen LogP contribution in [-0.2, 0) is 17.9 Å². The van der Waals surface area contributed by atoms with Crippen molar-refractivity contribution in [3.63, 3.8) is 0 Å². The average Bonchev–Trinajstić information content (AvgIpc) is 3.30. The smallest absolute Gasteiger partial charge is 0.251 e. The van der Waals surface area contributed by atoms with Crippen molar-refractivity contribution in [3.05, 3.63) is 89.4 Å². The summed E-state index contributed by atoms with van der Waals surface area (Å²) in [6.07, 6.45) is 1.62. The molecule has 3 rings (SSSR count). The molecule has 0 unspecified atom stereocenters. The van der Waals surface area contributed by atoms with E-state index < -0.39 is 0 Å². The number of amides is 2. The van der Waals surface area contributed by atoms with Crippen LogP contribution in [0.15, 0.2) is 71.3 Å². The van der Waals surface area contributed by atoms with E-state index in [1.54, 1.807) is 25.4 Å². The van der Waals surface area contributed by atoms with Crippen molar-refractivity contribution in [1.82, 2.24) is 15.5 Å². The van der Waals surface area contributed by atoms with E-state index in [4.69, 9.17) is 9.15 Å². The van der Waals surface area contributed by atoms with Crippen LogP contribution in [0.1, 0.15) is 27.2 Å². The van der Waals surface area contributed by atoms with Crippen LogP contribution in [0.4, 0.5) is 0 Å². The van der Waals surface area contributed by atoms with Gasteiger partial charge in [0.25, 0.3) is 5.91 Å². The second kappa shape index (κ2) is 11.7. The molecule has 0 saturated carbocycles. The number of nitrogens with zero attached hydrogens (tertiary/aromatic N) is 1. The fraction of sp³-hybridized carbons (Fsp3) is 0.280. The second-order valence-corrected chi connectivity index (χ2v) is 7.52. The van der Waals surface area contributed by atoms with Crippen LogP contribution < -0.4 is 15.4 Å². The van der Waals surface area contributed by atoms with Gasteiger partial charge in [0, 0.05) is 19.2 Å². The predicted molar refractivity (Wildman–Crippen MR) is 122 cm³/mol. The van der Waals surface area contributed by atoms with Gasteiger partial charge in [-0.1, -0.05) is 24.3 Å². The first-order chi connectivity index (χ1) is 15.5. The number of hydrogen-bond acceptors (Lipinski definition) is 5. The van der Waals surface area contributed by atoms with Crippen LogP contribution in [0.25, 0.3) is 0 Å². The molecule has 32 heavy (non-hydrogen) atoms. The molecule has 0 aliphatic heterocycles. The van der Waals surface area contributed by atoms with Gasteiger partial charge in [0.2, 0.25) is 5.91 Å². The summed E-state index contributed by atoms with van der Waals surface area (Å²) >= 11 is 0. The van der Waals surface area contributed by atoms with Gasteiger partial charge in [-0.3, -0.25) is 14.5 Å². The number of carbonyl (C=O) groups is 2. The summed E-state index contributed by atoms with van der Waals surface area (Å²) in [5, 5.41) is 5.52. The molecule has 3 aromatic rings. The van der Waals surface area contributed by atoms with Crippen molar-refractivity contribution in [2.24, 2.45) is 0 Å². The first-order valence-electron chi connectivity index (χ1n) is 10.6. The molecule has 2 N–H and O–H groups in total. The minimum absolute atomic E-state index is 0.0913. The van der Waals surface area contributed by atoms with E-state index in [9.17, 15) is 9.59 Å². The van der Waals surface area contributed by atoms with E-state index in [2.05, 4.69) is 10.6 Å². The Morgan fingerprint density at radius 3 is 2.53 bits per heavy atom. The largest absolute Gasteiger partial charge is 0.492 e. The summed E-state index contributed by atoms with van der Waals surface area (Å²) in [7, 11) is 1.60. The lowest BCUT2D eigenvalue weighted by atomic mass is 10.1. The number of carbonyl (C=O) groups excluding carboxylic acids is 2. The summed E-state index contributed by atoms with van der Waals surface area (Å²) in [6, 6.07) is 18.9. The molecule has 2 aromatic carbocycles. The van der Waals surface area contributed by atoms with Crippen molar-refractivity contribution in [2.75, 3.05) is 26.7 Å². The number of ether oxygens (including phenoxy) is 1. The molecule has 1 heterocycles. The fourth-order valence-electron chi connectivity index (χ4n) is 3.28. The SMILES string of the molecule is CNC(=O)c1ccc(CN(CC(=O)NCCOc2cccc(C)c2)Cc2ccco2)cc1. The van der Waals surface area contributed by atoms with Crippen molar-refractivity contribution >= 4 is 11.8 Å². The van der Waals surface area contributed by atoms with E-state index in [-0.39, 0.29) is 18.4 Å². The average molecular weight is 436 g/mol. The number of hydrogen-bond donors (Lipinski definition) is 2. The highest BCUT2D eigenvalue weighted by Gasteiger charge is 2.14. The number of furan rings is 1. The summed E-state index contributed by atoms with van der Waals surface area (Å²) in [4.78, 5) is 26.3. The molecular weight excluding hydrogens is 406 g/mol. The van der Waals surface area contributed by atoms with Gasteiger partial charge in [-0.2, -0.15) is 0 Å². The molecule has 168 valence electrons. The Morgan fingerprint density at radius 1 is 1.03 bits per heavy atom. The monoisotopic (exact) mass is 435 g/mol. The molecule has 0 aliphatic carbocycles. The summed E-state index contributed by atoms with van der Waals surface area (Å²) in [6.45, 7) is 4.08. The van der Waals surface area contributed by atoms with Gasteiger partial charge in [-0.15, -0.1) is 0 Å². The third-order valence-corrected chi connectivity index (χ3v) is 4.86. The zero-order valence-electron chi connectivity index (χ0n) is 18.5. The maximum atomic E-state index is 12.5. The summed E-state index contributed by atoms with van der Waals surface area (Å²) < 4.78 is 11.1. The van der Waals surface area contributed by atoms with E-state index >= 15 is 0 Å². The van der Waals surface area contributed by atoms with E-state index in [0.717, 1.165) is 22.6 Å². The molecule has 0 aliphatic rings. The molecule has 0 bridgehead atoms. The first-order valence-corrected chi connectivity index (χ1v) is 10.6. The van der Waals surface area contributed by atoms with Gasteiger partial charge in [-0.25, -0.2) is 0 Å². The van der Waals surface area contributed by atoms with Gasteiger partial charge in [0.05, 0.1) is 25.9 Å². The molecular formula is C25H29N3O4. The quantitative estimate of drug-likeness (QED) is 0.452. The molecule has 0 saturated heterocycles. The van der Waals surface area contributed by atoms with Crippen LogP contribution in [-0.4, -0.2) is 43.5 Å². The van der Waals surface area contributed by atoms with E-state index in [1.807, 2.05) is 60.4 Å². The van der Waals surface area contributed by atoms with Crippen LogP contribution >= 0.6 is 0 Å². The Kier molecular flexibility index (Phi) is 8.45. The van der Waals surface area contributed by atoms with Gasteiger partial charge < -0.3 is 19.8 Å². The zero-order chi connectivity index (χ0) is 22.8. The van der Waals surface area contributed by atoms with Crippen molar-refractivity contribution < 1.29 is 18.7 Å². The van der Waals surface area contributed by atoms with E-state index in [1.165, 1.54) is 0 Å². The lowest BCUT2D eigenvalue weighted by molar-refractivity contribution is -0.122. The van der Waals surface area contributed by atoms with Crippen LogP contribution in [0, 0.1) is 6.92 Å². The Bertz CT molecular complexity index is 1000. The first kappa shape index (κ1) is 23.1. The zero-order valence-corrected chi connectivity index (χ0v) is 18.5. The number of benzene rings is 2. The highest BCUT2D eigenvalue weighted by molar-refractivity contribution is 5.93. The number of aryl methyl sites for hydroxylation is 1. The van der Waals surface area contributed by atoms with Gasteiger partial charge in [-0.05, 0) is 54.4 Å². The van der Waals surface area contributed by atoms with Crippen LogP contribution in [0.2, 0.25) is 0 Å². The van der Waals surface area contributed by atoms with Crippen molar-refractivity contribution in [1.29, 1.82) is 0 Å². The normalized spacial score (nSPS) is 10.7. The van der Waals surface area contributed by atoms with Gasteiger partial charge >= 0.3 is 0 Å². The van der Waals surface area contributed by atoms with Crippen molar-refractivity contribution in [2.45, 2.75) is 20.0 Å². The Hall–Kier alpha value is -3.58. The Balaban J connectivity index is 1.52. The van der Waals surface area contributed by atoms with Crippen molar-refractivity contribution in [3.8, 4) is 5.75 Å². The topological polar surface area (TPSA) is 83.8 Å². The standard InChI is InChI=1S/C25H29N3O4/c1-19-5-3-6-22(15-19)32-14-12-27-24(29)18-28(17-23-7-4-13-31-23)16-20-8-10-21(11-9-20)25(30)26-2/h3-11,13,15H,12,14,16-18H2,1-2H3,(H,26,30)(H,27,29). The highest BCUT2D eigenvalue weighted by Crippen LogP contribution is 2.13. The highest BCUT2D eigenvalue weighted by atomic mass is 16.5. The lowest BCUT2D eigenvalue weighted by Crippen LogP contribution is -2.38. The fourth-order valence-corrected chi connectivity index (χ4v) is 3.28. The molecule has 0 atom stereocenters. The molecule has 0 fully saturated rings. The predicted octanol–water partition coefficient (Wildman–Crippen LogP) is 3.15. The molecule has 0 radical (unpaired) electrons. The maximum absolute atomic E-state index is 12.5. The molecule has 0 spiro atoms. The van der Waals surface area contributed by atoms with Gasteiger partial charge in [0.15, 0.2) is 0 Å². The Morgan fingerprint density at radius 2 is 1.84 bits per heavy atom. The Labute approximate surface area is 188 Å². The third kappa shape index (κ3) is 7.28. The lowest BCUT2D eigenvalue weighted by Gasteiger charge is -2.21.